The summed E-state index contributed by atoms with van der Waals surface area (Å²) < 4.78 is 0. The predicted octanol–water partition coefficient (Wildman–Crippen LogP) is 2.38. The zero-order chi connectivity index (χ0) is 13.8. The van der Waals surface area contributed by atoms with Crippen LogP contribution in [0.2, 0.25) is 0 Å². The number of rotatable bonds is 6. The van der Waals surface area contributed by atoms with Crippen molar-refractivity contribution in [2.45, 2.75) is 38.1 Å². The first kappa shape index (κ1) is 14.1. The molecule has 1 aromatic carbocycles. The predicted molar refractivity (Wildman–Crippen MR) is 77.8 cm³/mol. The molecule has 1 aliphatic rings. The summed E-state index contributed by atoms with van der Waals surface area (Å²) >= 11 is 0. The summed E-state index contributed by atoms with van der Waals surface area (Å²) in [5.74, 6) is 0.780. The molecule has 0 saturated heterocycles. The molecule has 2 unspecified atom stereocenters. The first-order chi connectivity index (χ1) is 9.19. The minimum atomic E-state index is -0.0426. The lowest BCUT2D eigenvalue weighted by Gasteiger charge is -2.30. The van der Waals surface area contributed by atoms with Gasteiger partial charge in [0, 0.05) is 19.6 Å². The quantitative estimate of drug-likeness (QED) is 0.853. The lowest BCUT2D eigenvalue weighted by molar-refractivity contribution is -0.134. The first-order valence-electron chi connectivity index (χ1n) is 7.20. The van der Waals surface area contributed by atoms with Crippen LogP contribution in [0.5, 0.6) is 0 Å². The average Bonchev–Trinajstić information content (AvgIpc) is 3.26. The van der Waals surface area contributed by atoms with E-state index in [1.54, 1.807) is 0 Å². The highest BCUT2D eigenvalue weighted by Crippen LogP contribution is 2.35. The van der Waals surface area contributed by atoms with E-state index < -0.39 is 0 Å². The molecule has 1 aliphatic carbocycles. The van der Waals surface area contributed by atoms with E-state index in [4.69, 9.17) is 5.73 Å². The second-order valence-electron chi connectivity index (χ2n) is 5.46. The zero-order valence-corrected chi connectivity index (χ0v) is 11.9. The minimum absolute atomic E-state index is 0.0426. The maximum atomic E-state index is 12.7. The number of carbonyl (C=O) groups excluding carboxylic acids is 1. The van der Waals surface area contributed by atoms with Crippen LogP contribution in [0.25, 0.3) is 0 Å². The Kier molecular flexibility index (Phi) is 4.59. The average molecular weight is 260 g/mol. The van der Waals surface area contributed by atoms with Crippen LogP contribution in [0.1, 0.15) is 37.7 Å². The third-order valence-electron chi connectivity index (χ3n) is 4.16. The Hall–Kier alpha value is -1.35. The molecule has 0 radical (unpaired) electrons. The van der Waals surface area contributed by atoms with E-state index in [1.807, 2.05) is 42.3 Å². The number of nitrogens with zero attached hydrogens (tertiary/aromatic N) is 1. The fourth-order valence-electron chi connectivity index (χ4n) is 2.80. The molecule has 2 N–H and O–H groups in total. The van der Waals surface area contributed by atoms with Gasteiger partial charge >= 0.3 is 0 Å². The van der Waals surface area contributed by atoms with Crippen LogP contribution >= 0.6 is 0 Å². The SMILES string of the molecule is CCC(C(=O)N(C)C(CN)C1CC1)c1ccccc1. The third-order valence-corrected chi connectivity index (χ3v) is 4.16. The fraction of sp³-hybridized carbons (Fsp3) is 0.562. The van der Waals surface area contributed by atoms with Crippen molar-refractivity contribution in [2.75, 3.05) is 13.6 Å². The van der Waals surface area contributed by atoms with Crippen molar-refractivity contribution >= 4 is 5.91 Å². The normalized spacial score (nSPS) is 17.8. The van der Waals surface area contributed by atoms with Crippen LogP contribution in [0.3, 0.4) is 0 Å². The molecule has 1 fully saturated rings. The van der Waals surface area contributed by atoms with E-state index in [0.717, 1.165) is 12.0 Å². The molecule has 0 bridgehead atoms. The molecule has 1 saturated carbocycles. The third kappa shape index (κ3) is 3.16. The van der Waals surface area contributed by atoms with Gasteiger partial charge in [0.15, 0.2) is 0 Å². The molecule has 19 heavy (non-hydrogen) atoms. The van der Waals surface area contributed by atoms with Gasteiger partial charge in [-0.1, -0.05) is 37.3 Å². The molecule has 3 heteroatoms. The van der Waals surface area contributed by atoms with Crippen LogP contribution in [0, 0.1) is 5.92 Å². The van der Waals surface area contributed by atoms with Gasteiger partial charge in [0.1, 0.15) is 0 Å². The van der Waals surface area contributed by atoms with E-state index in [-0.39, 0.29) is 17.9 Å². The van der Waals surface area contributed by atoms with Crippen LogP contribution in [-0.2, 0) is 4.79 Å². The number of nitrogens with two attached hydrogens (primary N) is 1. The molecule has 1 aromatic rings. The minimum Gasteiger partial charge on any atom is -0.341 e. The summed E-state index contributed by atoms with van der Waals surface area (Å²) in [5, 5.41) is 0. The highest BCUT2D eigenvalue weighted by atomic mass is 16.2. The molecule has 2 atom stereocenters. The van der Waals surface area contributed by atoms with Gasteiger partial charge in [-0.2, -0.15) is 0 Å². The first-order valence-corrected chi connectivity index (χ1v) is 7.20. The van der Waals surface area contributed by atoms with Gasteiger partial charge in [-0.25, -0.2) is 0 Å². The number of benzene rings is 1. The smallest absolute Gasteiger partial charge is 0.230 e. The Labute approximate surface area is 115 Å². The van der Waals surface area contributed by atoms with Gasteiger partial charge in [-0.3, -0.25) is 4.79 Å². The molecule has 0 aromatic heterocycles. The molecule has 2 rings (SSSR count). The van der Waals surface area contributed by atoms with Gasteiger partial charge < -0.3 is 10.6 Å². The fourth-order valence-corrected chi connectivity index (χ4v) is 2.80. The summed E-state index contributed by atoms with van der Waals surface area (Å²) in [6.07, 6.45) is 3.25. The summed E-state index contributed by atoms with van der Waals surface area (Å²) in [5.41, 5.74) is 6.94. The molecule has 0 spiro atoms. The van der Waals surface area contributed by atoms with Crippen LogP contribution < -0.4 is 5.73 Å². The van der Waals surface area contributed by atoms with E-state index in [9.17, 15) is 4.79 Å². The number of carbonyl (C=O) groups is 1. The van der Waals surface area contributed by atoms with Crippen molar-refractivity contribution in [2.24, 2.45) is 11.7 Å². The van der Waals surface area contributed by atoms with Crippen molar-refractivity contribution in [3.63, 3.8) is 0 Å². The summed E-state index contributed by atoms with van der Waals surface area (Å²) in [6, 6.07) is 10.3. The second-order valence-corrected chi connectivity index (χ2v) is 5.46. The molecular formula is C16H24N2O. The van der Waals surface area contributed by atoms with Crippen molar-refractivity contribution in [3.05, 3.63) is 35.9 Å². The van der Waals surface area contributed by atoms with E-state index in [0.29, 0.717) is 12.5 Å². The van der Waals surface area contributed by atoms with Gasteiger partial charge in [0.2, 0.25) is 5.91 Å². The van der Waals surface area contributed by atoms with Gasteiger partial charge in [0.05, 0.1) is 5.92 Å². The molecule has 0 heterocycles. The maximum Gasteiger partial charge on any atom is 0.230 e. The number of amides is 1. The Morgan fingerprint density at radius 2 is 2.00 bits per heavy atom. The van der Waals surface area contributed by atoms with Crippen LogP contribution in [0.4, 0.5) is 0 Å². The highest BCUT2D eigenvalue weighted by molar-refractivity contribution is 5.83. The standard InChI is InChI=1S/C16H24N2O/c1-3-14(12-7-5-4-6-8-12)16(19)18(2)15(11-17)13-9-10-13/h4-8,13-15H,3,9-11,17H2,1-2H3. The molecule has 3 nitrogen and oxygen atoms in total. The summed E-state index contributed by atoms with van der Waals surface area (Å²) in [4.78, 5) is 14.6. The Bertz CT molecular complexity index is 414. The van der Waals surface area contributed by atoms with E-state index in [1.165, 1.54) is 12.8 Å². The molecule has 1 amide bonds. The molecular weight excluding hydrogens is 236 g/mol. The summed E-state index contributed by atoms with van der Waals surface area (Å²) in [6.45, 7) is 2.64. The molecule has 104 valence electrons. The summed E-state index contributed by atoms with van der Waals surface area (Å²) in [7, 11) is 1.91. The topological polar surface area (TPSA) is 46.3 Å². The largest absolute Gasteiger partial charge is 0.341 e. The van der Waals surface area contributed by atoms with Gasteiger partial charge in [-0.15, -0.1) is 0 Å². The Balaban J connectivity index is 2.11. The zero-order valence-electron chi connectivity index (χ0n) is 11.9. The van der Waals surface area contributed by atoms with E-state index >= 15 is 0 Å². The van der Waals surface area contributed by atoms with E-state index in [2.05, 4.69) is 6.92 Å². The lowest BCUT2D eigenvalue weighted by atomic mass is 9.94. The van der Waals surface area contributed by atoms with Crippen LogP contribution in [-0.4, -0.2) is 30.4 Å². The van der Waals surface area contributed by atoms with Crippen molar-refractivity contribution in [1.29, 1.82) is 0 Å². The van der Waals surface area contributed by atoms with Gasteiger partial charge in [0.25, 0.3) is 0 Å². The second kappa shape index (κ2) is 6.20. The van der Waals surface area contributed by atoms with Crippen molar-refractivity contribution < 1.29 is 4.79 Å². The Morgan fingerprint density at radius 1 is 1.37 bits per heavy atom. The molecule has 0 aliphatic heterocycles. The number of likely N-dealkylation sites (N-methyl/N-ethyl adjacent to an activating group) is 1. The van der Waals surface area contributed by atoms with Crippen LogP contribution in [0.15, 0.2) is 30.3 Å². The Morgan fingerprint density at radius 3 is 2.47 bits per heavy atom. The lowest BCUT2D eigenvalue weighted by Crippen LogP contribution is -2.45. The highest BCUT2D eigenvalue weighted by Gasteiger charge is 2.36. The monoisotopic (exact) mass is 260 g/mol. The van der Waals surface area contributed by atoms with Crippen molar-refractivity contribution in [3.8, 4) is 0 Å². The van der Waals surface area contributed by atoms with Gasteiger partial charge in [-0.05, 0) is 30.7 Å². The van der Waals surface area contributed by atoms with Crippen molar-refractivity contribution in [1.82, 2.24) is 4.90 Å². The number of hydrogen-bond donors (Lipinski definition) is 1. The maximum absolute atomic E-state index is 12.7. The number of hydrogen-bond acceptors (Lipinski definition) is 2.